The number of carboxylic acid groups (broad SMARTS) is 1. The summed E-state index contributed by atoms with van der Waals surface area (Å²) in [5.74, 6) is -1.49. The van der Waals surface area contributed by atoms with Crippen molar-refractivity contribution in [1.82, 2.24) is 10.3 Å². The van der Waals surface area contributed by atoms with Crippen LogP contribution in [0.3, 0.4) is 0 Å². The average Bonchev–Trinajstić information content (AvgIpc) is 3.04. The third kappa shape index (κ3) is 3.63. The summed E-state index contributed by atoms with van der Waals surface area (Å²) in [5.41, 5.74) is 1.65. The van der Waals surface area contributed by atoms with Crippen molar-refractivity contribution in [1.29, 1.82) is 0 Å². The summed E-state index contributed by atoms with van der Waals surface area (Å²) >= 11 is 0. The Labute approximate surface area is 155 Å². The lowest BCUT2D eigenvalue weighted by molar-refractivity contribution is 0.0696. The highest BCUT2D eigenvalue weighted by atomic mass is 32.2. The van der Waals surface area contributed by atoms with E-state index in [4.69, 9.17) is 5.11 Å². The Kier molecular flexibility index (Phi) is 4.63. The number of H-pyrrole nitrogens is 1. The maximum atomic E-state index is 12.7. The average molecular weight is 387 g/mol. The fourth-order valence-corrected chi connectivity index (χ4v) is 4.01. The summed E-state index contributed by atoms with van der Waals surface area (Å²) in [6, 6.07) is 10.3. The van der Waals surface area contributed by atoms with Gasteiger partial charge in [-0.1, -0.05) is 6.07 Å². The number of sulfonamides is 1. The Bertz CT molecular complexity index is 1160. The van der Waals surface area contributed by atoms with E-state index >= 15 is 0 Å². The van der Waals surface area contributed by atoms with Crippen molar-refractivity contribution < 1.29 is 23.1 Å². The van der Waals surface area contributed by atoms with Crippen molar-refractivity contribution in [3.8, 4) is 0 Å². The minimum atomic E-state index is -3.99. The van der Waals surface area contributed by atoms with Crippen molar-refractivity contribution in [3.05, 3.63) is 59.3 Å². The standard InChI is InChI=1S/C18H17N3O5S/c1-10-3-4-11(18(23)24)9-16(10)27(25,26)21-13-5-6-14-12(7-13)8-15(20-14)17(22)19-2/h3-9,20-21H,1-2H3,(H,19,22)(H,23,24). The number of fused-ring (bicyclic) bond motifs is 1. The number of rotatable bonds is 5. The minimum absolute atomic E-state index is 0.109. The molecule has 0 unspecified atom stereocenters. The van der Waals surface area contributed by atoms with Gasteiger partial charge < -0.3 is 15.4 Å². The van der Waals surface area contributed by atoms with E-state index in [-0.39, 0.29) is 16.4 Å². The highest BCUT2D eigenvalue weighted by Crippen LogP contribution is 2.24. The highest BCUT2D eigenvalue weighted by molar-refractivity contribution is 7.92. The molecule has 0 radical (unpaired) electrons. The molecule has 27 heavy (non-hydrogen) atoms. The number of aromatic carboxylic acids is 1. The molecular formula is C18H17N3O5S. The summed E-state index contributed by atoms with van der Waals surface area (Å²) in [6.07, 6.45) is 0. The van der Waals surface area contributed by atoms with Gasteiger partial charge in [0.2, 0.25) is 0 Å². The van der Waals surface area contributed by atoms with Crippen molar-refractivity contribution in [2.24, 2.45) is 0 Å². The third-order valence-electron chi connectivity index (χ3n) is 4.07. The van der Waals surface area contributed by atoms with Gasteiger partial charge >= 0.3 is 5.97 Å². The van der Waals surface area contributed by atoms with Gasteiger partial charge in [-0.2, -0.15) is 0 Å². The molecule has 140 valence electrons. The van der Waals surface area contributed by atoms with Crippen LogP contribution in [0.4, 0.5) is 5.69 Å². The SMILES string of the molecule is CNC(=O)c1cc2cc(NS(=O)(=O)c3cc(C(=O)O)ccc3C)ccc2[nH]1. The molecule has 0 aliphatic carbocycles. The Hall–Kier alpha value is -3.33. The molecule has 0 spiro atoms. The second-order valence-corrected chi connectivity index (χ2v) is 7.61. The lowest BCUT2D eigenvalue weighted by atomic mass is 10.1. The molecule has 0 aliphatic heterocycles. The molecule has 0 saturated carbocycles. The number of carbonyl (C=O) groups is 2. The molecule has 0 bridgehead atoms. The Morgan fingerprint density at radius 2 is 1.81 bits per heavy atom. The van der Waals surface area contributed by atoms with Crippen molar-refractivity contribution >= 4 is 38.5 Å². The number of hydrogen-bond acceptors (Lipinski definition) is 4. The van der Waals surface area contributed by atoms with Gasteiger partial charge in [0.05, 0.1) is 10.5 Å². The zero-order chi connectivity index (χ0) is 19.8. The summed E-state index contributed by atoms with van der Waals surface area (Å²) in [7, 11) is -2.47. The van der Waals surface area contributed by atoms with Crippen molar-refractivity contribution in [3.63, 3.8) is 0 Å². The predicted octanol–water partition coefficient (Wildman–Crippen LogP) is 2.33. The smallest absolute Gasteiger partial charge is 0.335 e. The van der Waals surface area contributed by atoms with Crippen LogP contribution in [0.1, 0.15) is 26.4 Å². The van der Waals surface area contributed by atoms with Gasteiger partial charge in [-0.15, -0.1) is 0 Å². The van der Waals surface area contributed by atoms with Gasteiger partial charge in [-0.25, -0.2) is 13.2 Å². The number of aryl methyl sites for hydroxylation is 1. The second-order valence-electron chi connectivity index (χ2n) is 5.96. The van der Waals surface area contributed by atoms with Crippen LogP contribution in [0, 0.1) is 6.92 Å². The zero-order valence-corrected chi connectivity index (χ0v) is 15.3. The van der Waals surface area contributed by atoms with Gasteiger partial charge in [-0.05, 0) is 48.9 Å². The molecule has 0 saturated heterocycles. The van der Waals surface area contributed by atoms with E-state index in [1.54, 1.807) is 31.2 Å². The number of benzene rings is 2. The molecule has 0 fully saturated rings. The van der Waals surface area contributed by atoms with E-state index in [1.807, 2.05) is 0 Å². The molecule has 1 aromatic heterocycles. The van der Waals surface area contributed by atoms with Crippen LogP contribution in [-0.4, -0.2) is 37.4 Å². The first-order valence-corrected chi connectivity index (χ1v) is 9.41. The molecule has 3 aromatic rings. The fraction of sp³-hybridized carbons (Fsp3) is 0.111. The van der Waals surface area contributed by atoms with Gasteiger partial charge in [0, 0.05) is 23.6 Å². The maximum absolute atomic E-state index is 12.7. The number of aromatic amines is 1. The fourth-order valence-electron chi connectivity index (χ4n) is 2.69. The first kappa shape index (κ1) is 18.5. The normalized spacial score (nSPS) is 11.3. The number of anilines is 1. The third-order valence-corrected chi connectivity index (χ3v) is 5.59. The first-order chi connectivity index (χ1) is 12.7. The minimum Gasteiger partial charge on any atom is -0.478 e. The number of carbonyl (C=O) groups excluding carboxylic acids is 1. The van der Waals surface area contributed by atoms with E-state index in [0.717, 1.165) is 6.07 Å². The maximum Gasteiger partial charge on any atom is 0.335 e. The number of nitrogens with one attached hydrogen (secondary N) is 3. The molecular weight excluding hydrogens is 370 g/mol. The van der Waals surface area contributed by atoms with Crippen LogP contribution in [0.2, 0.25) is 0 Å². The lowest BCUT2D eigenvalue weighted by Gasteiger charge is -2.11. The monoisotopic (exact) mass is 387 g/mol. The quantitative estimate of drug-likeness (QED) is 0.534. The summed E-state index contributed by atoms with van der Waals surface area (Å²) < 4.78 is 27.9. The van der Waals surface area contributed by atoms with Crippen LogP contribution in [0.25, 0.3) is 10.9 Å². The topological polar surface area (TPSA) is 128 Å². The number of aromatic nitrogens is 1. The van der Waals surface area contributed by atoms with E-state index in [2.05, 4.69) is 15.0 Å². The van der Waals surface area contributed by atoms with E-state index in [9.17, 15) is 18.0 Å². The van der Waals surface area contributed by atoms with Crippen LogP contribution in [0.5, 0.6) is 0 Å². The predicted molar refractivity (Wildman–Crippen MR) is 101 cm³/mol. The van der Waals surface area contributed by atoms with E-state index in [0.29, 0.717) is 27.8 Å². The largest absolute Gasteiger partial charge is 0.478 e. The molecule has 1 heterocycles. The Morgan fingerprint density at radius 1 is 1.07 bits per heavy atom. The first-order valence-electron chi connectivity index (χ1n) is 7.93. The number of hydrogen-bond donors (Lipinski definition) is 4. The molecule has 9 heteroatoms. The van der Waals surface area contributed by atoms with Gasteiger partial charge in [0.1, 0.15) is 5.69 Å². The van der Waals surface area contributed by atoms with Crippen LogP contribution >= 0.6 is 0 Å². The lowest BCUT2D eigenvalue weighted by Crippen LogP contribution is -2.17. The molecule has 2 aromatic carbocycles. The van der Waals surface area contributed by atoms with Gasteiger partial charge in [-0.3, -0.25) is 9.52 Å². The van der Waals surface area contributed by atoms with Crippen LogP contribution < -0.4 is 10.0 Å². The Morgan fingerprint density at radius 3 is 2.48 bits per heavy atom. The zero-order valence-electron chi connectivity index (χ0n) is 14.5. The van der Waals surface area contributed by atoms with Gasteiger partial charge in [0.25, 0.3) is 15.9 Å². The second kappa shape index (κ2) is 6.76. The van der Waals surface area contributed by atoms with Gasteiger partial charge in [0.15, 0.2) is 0 Å². The van der Waals surface area contributed by atoms with Crippen molar-refractivity contribution in [2.45, 2.75) is 11.8 Å². The summed E-state index contributed by atoms with van der Waals surface area (Å²) in [4.78, 5) is 25.7. The molecule has 3 rings (SSSR count). The van der Waals surface area contributed by atoms with E-state index in [1.165, 1.54) is 19.2 Å². The molecule has 1 amide bonds. The Balaban J connectivity index is 1.97. The number of carboxylic acids is 1. The summed E-state index contributed by atoms with van der Waals surface area (Å²) in [6.45, 7) is 1.59. The molecule has 4 N–H and O–H groups in total. The molecule has 0 atom stereocenters. The van der Waals surface area contributed by atoms with Crippen molar-refractivity contribution in [2.75, 3.05) is 11.8 Å². The van der Waals surface area contributed by atoms with Crippen LogP contribution in [-0.2, 0) is 10.0 Å². The molecule has 0 aliphatic rings. The molecule has 8 nitrogen and oxygen atoms in total. The number of amides is 1. The van der Waals surface area contributed by atoms with E-state index < -0.39 is 16.0 Å². The van der Waals surface area contributed by atoms with Crippen LogP contribution in [0.15, 0.2) is 47.4 Å². The summed E-state index contributed by atoms with van der Waals surface area (Å²) in [5, 5.41) is 12.3. The highest BCUT2D eigenvalue weighted by Gasteiger charge is 2.19.